The Morgan fingerprint density at radius 1 is 0.724 bits per heavy atom. The van der Waals surface area contributed by atoms with E-state index in [9.17, 15) is 0 Å². The van der Waals surface area contributed by atoms with E-state index in [1.807, 2.05) is 0 Å². The van der Waals surface area contributed by atoms with Gasteiger partial charge in [-0.3, -0.25) is 9.98 Å². The van der Waals surface area contributed by atoms with Crippen molar-refractivity contribution in [3.63, 3.8) is 0 Å². The second-order valence-electron chi connectivity index (χ2n) is 7.77. The van der Waals surface area contributed by atoms with Gasteiger partial charge in [0.05, 0.1) is 22.8 Å². The third-order valence-corrected chi connectivity index (χ3v) is 4.86. The van der Waals surface area contributed by atoms with Crippen LogP contribution in [-0.2, 0) is 10.9 Å². The molecular weight excluding hydrogens is 535 g/mol. The van der Waals surface area contributed by atoms with E-state index in [0.717, 1.165) is 22.8 Å². The summed E-state index contributed by atoms with van der Waals surface area (Å²) in [6.07, 6.45) is 0. The van der Waals surface area contributed by atoms with E-state index in [-0.39, 0.29) is 0 Å². The van der Waals surface area contributed by atoms with Gasteiger partial charge in [-0.05, 0) is 61.8 Å². The summed E-state index contributed by atoms with van der Waals surface area (Å²) in [5.74, 6) is 0.894. The number of aliphatic imine (C=N–C) groups is 2. The van der Waals surface area contributed by atoms with E-state index >= 15 is 0 Å². The number of nitrogens with zero attached hydrogens (tertiary/aromatic N) is 2. The molecule has 0 aromatic heterocycles. The van der Waals surface area contributed by atoms with Crippen LogP contribution < -0.4 is 0 Å². The zero-order valence-electron chi connectivity index (χ0n) is 18.6. The van der Waals surface area contributed by atoms with Crippen LogP contribution in [0, 0.1) is 13.8 Å². The molecule has 0 heterocycles. The molecule has 162 valence electrons. The van der Waals surface area contributed by atoms with Gasteiger partial charge in [-0.2, -0.15) is 0 Å². The average Bonchev–Trinajstić information content (AvgIpc) is 2.65. The molecule has 29 heavy (non-hydrogen) atoms. The van der Waals surface area contributed by atoms with Crippen LogP contribution in [0.2, 0.25) is 0 Å². The van der Waals surface area contributed by atoms with E-state index in [4.69, 9.17) is 9.98 Å². The van der Waals surface area contributed by atoms with Gasteiger partial charge in [0.15, 0.2) is 0 Å². The molecule has 2 rings (SSSR count). The average molecular weight is 567 g/mol. The maximum absolute atomic E-state index is 4.97. The maximum atomic E-state index is 4.97. The van der Waals surface area contributed by atoms with E-state index in [0.29, 0.717) is 11.8 Å². The van der Waals surface area contributed by atoms with Crippen molar-refractivity contribution in [1.82, 2.24) is 0 Å². The summed E-state index contributed by atoms with van der Waals surface area (Å²) in [6, 6.07) is 12.8. The van der Waals surface area contributed by atoms with Crippen LogP contribution in [0.4, 0.5) is 11.4 Å². The molecule has 2 aromatic rings. The first-order chi connectivity index (χ1) is 13.6. The Bertz CT molecular complexity index is 800. The Morgan fingerprint density at radius 3 is 1.31 bits per heavy atom. The molecule has 0 saturated heterocycles. The Balaban J connectivity index is 0.00000132. The van der Waals surface area contributed by atoms with Crippen molar-refractivity contribution in [2.45, 2.75) is 67.2 Å². The van der Waals surface area contributed by atoms with Crippen molar-refractivity contribution in [2.24, 2.45) is 9.98 Å². The first-order valence-corrected chi connectivity index (χ1v) is 14.6. The molecule has 2 aromatic carbocycles. The topological polar surface area (TPSA) is 24.7 Å². The predicted molar refractivity (Wildman–Crippen MR) is 134 cm³/mol. The molecule has 0 radical (unpaired) electrons. The molecule has 0 spiro atoms. The summed E-state index contributed by atoms with van der Waals surface area (Å²) < 4.78 is 0. The molecule has 0 N–H and O–H groups in total. The molecule has 0 amide bonds. The van der Waals surface area contributed by atoms with Crippen LogP contribution in [0.3, 0.4) is 0 Å². The zero-order chi connectivity index (χ0) is 22.1. The fourth-order valence-electron chi connectivity index (χ4n) is 3.10. The fraction of sp³-hybridized carbons (Fsp3) is 0.417. The Morgan fingerprint density at radius 2 is 1.03 bits per heavy atom. The van der Waals surface area contributed by atoms with Gasteiger partial charge in [-0.1, -0.05) is 64.1 Å². The molecule has 0 fully saturated rings. The summed E-state index contributed by atoms with van der Waals surface area (Å²) >= 11 is 6.00. The number of rotatable bonds is 5. The number of hydrogen-bond donors (Lipinski definition) is 0. The Hall–Kier alpha value is -0.766. The van der Waals surface area contributed by atoms with Gasteiger partial charge in [0, 0.05) is 0 Å². The monoisotopic (exact) mass is 564 g/mol. The zero-order valence-corrected chi connectivity index (χ0v) is 22.7. The standard InChI is InChI=1S/C24H32N2.2BrH.Ni/c1-15(2)21-13-9-11-17(5)23(21)25-19(7)20(8)26-24-18(6)12-10-14-22(24)16(3)4;;;/h9-16H,1-8H3;2*1H;/q;;;+2/p-2. The molecule has 0 saturated carbocycles. The van der Waals surface area contributed by atoms with Gasteiger partial charge in [-0.25, -0.2) is 0 Å². The van der Waals surface area contributed by atoms with Gasteiger partial charge < -0.3 is 0 Å². The van der Waals surface area contributed by atoms with E-state index in [1.54, 1.807) is 0 Å². The summed E-state index contributed by atoms with van der Waals surface area (Å²) in [7, 11) is 1.25. The number of aryl methyl sites for hydroxylation is 2. The second kappa shape index (κ2) is 12.8. The van der Waals surface area contributed by atoms with E-state index in [2.05, 4.69) is 120 Å². The van der Waals surface area contributed by atoms with Gasteiger partial charge in [0.25, 0.3) is 0 Å². The van der Waals surface area contributed by atoms with Crippen molar-refractivity contribution in [3.8, 4) is 0 Å². The van der Waals surface area contributed by atoms with Gasteiger partial charge >= 0.3 is 39.3 Å². The van der Waals surface area contributed by atoms with Crippen molar-refractivity contribution in [2.75, 3.05) is 0 Å². The summed E-state index contributed by atoms with van der Waals surface area (Å²) in [6.45, 7) is 17.2. The second-order valence-corrected chi connectivity index (χ2v) is 12.8. The normalized spacial score (nSPS) is 12.4. The third kappa shape index (κ3) is 7.77. The third-order valence-electron chi connectivity index (χ3n) is 4.86. The number of para-hydroxylation sites is 2. The molecule has 0 aliphatic heterocycles. The van der Waals surface area contributed by atoms with E-state index < -0.39 is 0 Å². The SMILES string of the molecule is CC(=Nc1c(C)cccc1C(C)C)C(C)=Nc1c(C)cccc1C(C)C.[Br][Ni][Br]. The quantitative estimate of drug-likeness (QED) is 0.255. The summed E-state index contributed by atoms with van der Waals surface area (Å²) in [5.41, 5.74) is 9.11. The Labute approximate surface area is 197 Å². The van der Waals surface area contributed by atoms with Crippen molar-refractivity contribution < 1.29 is 10.9 Å². The number of halogens is 2. The Kier molecular flexibility index (Phi) is 11.6. The fourth-order valence-corrected chi connectivity index (χ4v) is 3.10. The van der Waals surface area contributed by atoms with Crippen LogP contribution in [0.5, 0.6) is 0 Å². The number of hydrogen-bond acceptors (Lipinski definition) is 2. The molecule has 0 atom stereocenters. The summed E-state index contributed by atoms with van der Waals surface area (Å²) in [4.78, 5) is 9.93. The van der Waals surface area contributed by atoms with Crippen LogP contribution in [0.1, 0.15) is 75.6 Å². The van der Waals surface area contributed by atoms with Crippen LogP contribution in [0.25, 0.3) is 0 Å². The first-order valence-electron chi connectivity index (χ1n) is 9.76. The van der Waals surface area contributed by atoms with Crippen molar-refractivity contribution in [3.05, 3.63) is 58.7 Å². The van der Waals surface area contributed by atoms with Crippen LogP contribution in [0.15, 0.2) is 46.4 Å². The van der Waals surface area contributed by atoms with Gasteiger partial charge in [0.1, 0.15) is 0 Å². The van der Waals surface area contributed by atoms with Crippen LogP contribution in [-0.4, -0.2) is 11.4 Å². The van der Waals surface area contributed by atoms with E-state index in [1.165, 1.54) is 33.2 Å². The minimum absolute atomic E-state index is 0.447. The molecule has 2 nitrogen and oxygen atoms in total. The summed E-state index contributed by atoms with van der Waals surface area (Å²) in [5, 5.41) is 0. The molecule has 5 heteroatoms. The predicted octanol–water partition coefficient (Wildman–Crippen LogP) is 9.12. The first kappa shape index (κ1) is 26.3. The number of benzene rings is 2. The van der Waals surface area contributed by atoms with Crippen molar-refractivity contribution >= 4 is 51.2 Å². The molecule has 0 aliphatic rings. The molecule has 0 bridgehead atoms. The minimum atomic E-state index is 0.447. The van der Waals surface area contributed by atoms with Gasteiger partial charge in [-0.15, -0.1) is 0 Å². The molecule has 0 unspecified atom stereocenters. The van der Waals surface area contributed by atoms with Gasteiger partial charge in [0.2, 0.25) is 0 Å². The van der Waals surface area contributed by atoms with Crippen LogP contribution >= 0.6 is 28.5 Å². The molecule has 0 aliphatic carbocycles. The molecular formula is C24H32Br2N2Ni. The van der Waals surface area contributed by atoms with Crippen molar-refractivity contribution in [1.29, 1.82) is 0 Å².